The number of rotatable bonds is 3. The fourth-order valence-electron chi connectivity index (χ4n) is 2.66. The largest absolute Gasteiger partial charge is 0.487 e. The summed E-state index contributed by atoms with van der Waals surface area (Å²) in [6, 6.07) is 3.88. The van der Waals surface area contributed by atoms with Gasteiger partial charge in [-0.2, -0.15) is 0 Å². The van der Waals surface area contributed by atoms with Crippen LogP contribution in [-0.4, -0.2) is 16.6 Å². The Morgan fingerprint density at radius 2 is 2.35 bits per heavy atom. The molecule has 0 saturated heterocycles. The lowest BCUT2D eigenvalue weighted by molar-refractivity contribution is 0.0674. The van der Waals surface area contributed by atoms with E-state index < -0.39 is 5.60 Å². The van der Waals surface area contributed by atoms with Gasteiger partial charge in [0.25, 0.3) is 0 Å². The van der Waals surface area contributed by atoms with E-state index in [1.807, 2.05) is 19.2 Å². The second-order valence-corrected chi connectivity index (χ2v) is 6.83. The number of amides is 2. The normalized spacial score (nSPS) is 18.7. The summed E-state index contributed by atoms with van der Waals surface area (Å²) in [7, 11) is 0. The highest BCUT2D eigenvalue weighted by Gasteiger charge is 2.34. The monoisotopic (exact) mass is 335 g/mol. The molecule has 0 fully saturated rings. The topological polar surface area (TPSA) is 63.2 Å². The molecule has 2 amide bonds. The van der Waals surface area contributed by atoms with Crippen LogP contribution in [0.5, 0.6) is 5.75 Å². The molecule has 0 saturated carbocycles. The molecule has 0 spiro atoms. The van der Waals surface area contributed by atoms with Crippen LogP contribution in [0, 0.1) is 5.82 Å². The highest BCUT2D eigenvalue weighted by atomic mass is 32.1. The second kappa shape index (κ2) is 6.16. The number of nitrogens with zero attached hydrogens (tertiary/aromatic N) is 1. The predicted octanol–water partition coefficient (Wildman–Crippen LogP) is 3.38. The summed E-state index contributed by atoms with van der Waals surface area (Å²) in [5.74, 6) is 0.124. The second-order valence-electron chi connectivity index (χ2n) is 6.11. The third-order valence-corrected chi connectivity index (χ3v) is 4.29. The first-order valence-electron chi connectivity index (χ1n) is 7.33. The van der Waals surface area contributed by atoms with Crippen molar-refractivity contribution in [1.29, 1.82) is 0 Å². The van der Waals surface area contributed by atoms with Gasteiger partial charge in [-0.05, 0) is 19.9 Å². The zero-order chi connectivity index (χ0) is 16.4. The molecular formula is C16H18FN3O2S. The summed E-state index contributed by atoms with van der Waals surface area (Å²) in [6.07, 6.45) is 0.607. The van der Waals surface area contributed by atoms with Gasteiger partial charge < -0.3 is 15.4 Å². The van der Waals surface area contributed by atoms with Crippen molar-refractivity contribution in [1.82, 2.24) is 15.6 Å². The van der Waals surface area contributed by atoms with Crippen LogP contribution in [0.3, 0.4) is 0 Å². The number of thiazole rings is 1. The lowest BCUT2D eigenvalue weighted by Crippen LogP contribution is -2.44. The highest BCUT2D eigenvalue weighted by Crippen LogP contribution is 2.39. The number of hydrogen-bond acceptors (Lipinski definition) is 4. The first kappa shape index (κ1) is 15.7. The third kappa shape index (κ3) is 3.79. The molecular weight excluding hydrogens is 317 g/mol. The van der Waals surface area contributed by atoms with Crippen LogP contribution < -0.4 is 15.4 Å². The molecule has 2 N–H and O–H groups in total. The molecule has 0 radical (unpaired) electrons. The summed E-state index contributed by atoms with van der Waals surface area (Å²) < 4.78 is 19.2. The van der Waals surface area contributed by atoms with Gasteiger partial charge in [-0.3, -0.25) is 0 Å². The van der Waals surface area contributed by atoms with Crippen molar-refractivity contribution in [3.05, 3.63) is 46.2 Å². The quantitative estimate of drug-likeness (QED) is 0.904. The van der Waals surface area contributed by atoms with Gasteiger partial charge in [0.1, 0.15) is 17.2 Å². The molecule has 122 valence electrons. The Bertz CT molecular complexity index is 703. The van der Waals surface area contributed by atoms with Gasteiger partial charge in [0, 0.05) is 23.4 Å². The predicted molar refractivity (Wildman–Crippen MR) is 86.0 cm³/mol. The van der Waals surface area contributed by atoms with Gasteiger partial charge in [-0.15, -0.1) is 11.3 Å². The average molecular weight is 335 g/mol. The number of halogens is 1. The van der Waals surface area contributed by atoms with E-state index in [1.165, 1.54) is 23.5 Å². The standard InChI is InChI=1S/C16H18FN3O2S/c1-16(2)6-13(12-4-3-10(17)5-14(12)22-16)20-15(21)18-7-11-8-23-9-19-11/h3-5,8-9,13H,6-7H2,1-2H3,(H2,18,20,21). The number of nitrogens with one attached hydrogen (secondary N) is 2. The van der Waals surface area contributed by atoms with E-state index in [1.54, 1.807) is 11.6 Å². The zero-order valence-electron chi connectivity index (χ0n) is 12.9. The van der Waals surface area contributed by atoms with Gasteiger partial charge in [0.15, 0.2) is 0 Å². The lowest BCUT2D eigenvalue weighted by atomic mass is 9.90. The van der Waals surface area contributed by atoms with Gasteiger partial charge in [-0.1, -0.05) is 6.07 Å². The summed E-state index contributed by atoms with van der Waals surface area (Å²) in [4.78, 5) is 16.3. The van der Waals surface area contributed by atoms with Crippen molar-refractivity contribution in [2.24, 2.45) is 0 Å². The molecule has 2 heterocycles. The van der Waals surface area contributed by atoms with E-state index in [2.05, 4.69) is 15.6 Å². The van der Waals surface area contributed by atoms with Crippen molar-refractivity contribution >= 4 is 17.4 Å². The molecule has 23 heavy (non-hydrogen) atoms. The minimum Gasteiger partial charge on any atom is -0.487 e. The Morgan fingerprint density at radius 3 is 3.09 bits per heavy atom. The molecule has 1 unspecified atom stereocenters. The highest BCUT2D eigenvalue weighted by molar-refractivity contribution is 7.07. The van der Waals surface area contributed by atoms with E-state index >= 15 is 0 Å². The van der Waals surface area contributed by atoms with Gasteiger partial charge >= 0.3 is 6.03 Å². The molecule has 1 aliphatic heterocycles. The number of carbonyl (C=O) groups excluding carboxylic acids is 1. The molecule has 5 nitrogen and oxygen atoms in total. The molecule has 7 heteroatoms. The van der Waals surface area contributed by atoms with E-state index in [4.69, 9.17) is 4.74 Å². The smallest absolute Gasteiger partial charge is 0.315 e. The van der Waals surface area contributed by atoms with Crippen LogP contribution in [-0.2, 0) is 6.54 Å². The fraction of sp³-hybridized carbons (Fsp3) is 0.375. The van der Waals surface area contributed by atoms with Crippen molar-refractivity contribution < 1.29 is 13.9 Å². The maximum atomic E-state index is 13.4. The van der Waals surface area contributed by atoms with Crippen molar-refractivity contribution in [3.8, 4) is 5.75 Å². The van der Waals surface area contributed by atoms with E-state index in [0.29, 0.717) is 18.7 Å². The average Bonchev–Trinajstić information content (AvgIpc) is 2.96. The SMILES string of the molecule is CC1(C)CC(NC(=O)NCc2cscn2)c2ccc(F)cc2O1. The third-order valence-electron chi connectivity index (χ3n) is 3.65. The van der Waals surface area contributed by atoms with Gasteiger partial charge in [0.05, 0.1) is 23.8 Å². The Kier molecular flexibility index (Phi) is 4.21. The summed E-state index contributed by atoms with van der Waals surface area (Å²) >= 11 is 1.48. The molecule has 1 atom stereocenters. The first-order chi connectivity index (χ1) is 10.9. The minimum atomic E-state index is -0.479. The minimum absolute atomic E-state index is 0.232. The number of carbonyl (C=O) groups is 1. The molecule has 3 rings (SSSR count). The Morgan fingerprint density at radius 1 is 1.52 bits per heavy atom. The summed E-state index contributed by atoms with van der Waals surface area (Å²) in [5.41, 5.74) is 2.85. The van der Waals surface area contributed by atoms with Crippen LogP contribution in [0.4, 0.5) is 9.18 Å². The molecule has 1 aromatic heterocycles. The summed E-state index contributed by atoms with van der Waals surface area (Å²) in [6.45, 7) is 4.21. The van der Waals surface area contributed by atoms with Gasteiger partial charge in [0.2, 0.25) is 0 Å². The first-order valence-corrected chi connectivity index (χ1v) is 8.27. The van der Waals surface area contributed by atoms with E-state index in [-0.39, 0.29) is 17.9 Å². The number of fused-ring (bicyclic) bond motifs is 1. The number of urea groups is 1. The van der Waals surface area contributed by atoms with Crippen molar-refractivity contribution in [2.75, 3.05) is 0 Å². The lowest BCUT2D eigenvalue weighted by Gasteiger charge is -2.37. The van der Waals surface area contributed by atoms with Crippen molar-refractivity contribution in [2.45, 2.75) is 38.5 Å². The van der Waals surface area contributed by atoms with Crippen LogP contribution >= 0.6 is 11.3 Å². The zero-order valence-corrected chi connectivity index (χ0v) is 13.7. The Hall–Kier alpha value is -2.15. The molecule has 0 aliphatic carbocycles. The maximum absolute atomic E-state index is 13.4. The fourth-order valence-corrected chi connectivity index (χ4v) is 3.22. The van der Waals surface area contributed by atoms with Crippen LogP contribution in [0.15, 0.2) is 29.1 Å². The Balaban J connectivity index is 1.70. The van der Waals surface area contributed by atoms with Crippen LogP contribution in [0.1, 0.15) is 37.6 Å². The van der Waals surface area contributed by atoms with Crippen molar-refractivity contribution in [3.63, 3.8) is 0 Å². The number of benzene rings is 1. The Labute approximate surface area is 137 Å². The van der Waals surface area contributed by atoms with Crippen LogP contribution in [0.25, 0.3) is 0 Å². The maximum Gasteiger partial charge on any atom is 0.315 e. The summed E-state index contributed by atoms with van der Waals surface area (Å²) in [5, 5.41) is 7.60. The molecule has 0 bridgehead atoms. The van der Waals surface area contributed by atoms with Crippen LogP contribution in [0.2, 0.25) is 0 Å². The molecule has 1 aromatic carbocycles. The number of hydrogen-bond donors (Lipinski definition) is 2. The number of aromatic nitrogens is 1. The number of ether oxygens (including phenoxy) is 1. The molecule has 1 aliphatic rings. The van der Waals surface area contributed by atoms with E-state index in [9.17, 15) is 9.18 Å². The van der Waals surface area contributed by atoms with Gasteiger partial charge in [-0.25, -0.2) is 14.2 Å². The van der Waals surface area contributed by atoms with E-state index in [0.717, 1.165) is 11.3 Å². The molecule has 2 aromatic rings.